The van der Waals surface area contributed by atoms with Gasteiger partial charge in [0.1, 0.15) is 11.3 Å². The van der Waals surface area contributed by atoms with E-state index >= 15 is 0 Å². The molecule has 0 unspecified atom stereocenters. The van der Waals surface area contributed by atoms with E-state index in [2.05, 4.69) is 46.6 Å². The predicted octanol–water partition coefficient (Wildman–Crippen LogP) is 6.26. The molecular formula is C22H21ClN4OS2. The van der Waals surface area contributed by atoms with Crippen LogP contribution in [-0.4, -0.2) is 26.4 Å². The van der Waals surface area contributed by atoms with Gasteiger partial charge in [0.2, 0.25) is 11.0 Å². The molecule has 2 aromatic heterocycles. The normalized spacial score (nSPS) is 11.2. The van der Waals surface area contributed by atoms with Crippen molar-refractivity contribution < 1.29 is 4.79 Å². The van der Waals surface area contributed by atoms with E-state index in [4.69, 9.17) is 11.6 Å². The van der Waals surface area contributed by atoms with Crippen LogP contribution in [0.3, 0.4) is 0 Å². The molecular weight excluding hydrogens is 436 g/mol. The number of hydrogen-bond acceptors (Lipinski definition) is 5. The van der Waals surface area contributed by atoms with Crippen LogP contribution in [0.15, 0.2) is 53.4 Å². The quantitative estimate of drug-likeness (QED) is 0.263. The third-order valence-corrected chi connectivity index (χ3v) is 6.88. The van der Waals surface area contributed by atoms with E-state index in [0.717, 1.165) is 28.1 Å². The second-order valence-corrected chi connectivity index (χ2v) is 9.56. The van der Waals surface area contributed by atoms with Crippen molar-refractivity contribution in [3.63, 3.8) is 0 Å². The van der Waals surface area contributed by atoms with Crippen LogP contribution >= 0.6 is 34.7 Å². The summed E-state index contributed by atoms with van der Waals surface area (Å²) in [5.74, 6) is 1.49. The second kappa shape index (κ2) is 9.20. The fourth-order valence-electron chi connectivity index (χ4n) is 2.99. The topological polar surface area (TPSA) is 59.8 Å². The van der Waals surface area contributed by atoms with Crippen LogP contribution in [0.4, 0.5) is 5.82 Å². The largest absolute Gasteiger partial charge is 0.311 e. The number of halogens is 1. The van der Waals surface area contributed by atoms with Crippen molar-refractivity contribution in [2.75, 3.05) is 11.1 Å². The van der Waals surface area contributed by atoms with Gasteiger partial charge in [0.15, 0.2) is 0 Å². The summed E-state index contributed by atoms with van der Waals surface area (Å²) < 4.78 is 2.66. The third kappa shape index (κ3) is 4.86. The van der Waals surface area contributed by atoms with Crippen molar-refractivity contribution in [2.45, 2.75) is 31.6 Å². The van der Waals surface area contributed by atoms with Crippen LogP contribution in [0.25, 0.3) is 15.3 Å². The molecule has 2 heterocycles. The number of fused-ring (bicyclic) bond motifs is 1. The molecule has 4 aromatic rings. The number of benzene rings is 2. The van der Waals surface area contributed by atoms with Crippen LogP contribution in [0, 0.1) is 13.8 Å². The van der Waals surface area contributed by atoms with Crippen molar-refractivity contribution in [3.8, 4) is 5.13 Å². The Bertz CT molecular complexity index is 1180. The average molecular weight is 457 g/mol. The first-order chi connectivity index (χ1) is 14.5. The zero-order valence-electron chi connectivity index (χ0n) is 16.7. The number of nitrogens with zero attached hydrogens (tertiary/aromatic N) is 3. The zero-order valence-corrected chi connectivity index (χ0v) is 19.1. The maximum Gasteiger partial charge on any atom is 0.225 e. The molecule has 154 valence electrons. The average Bonchev–Trinajstić information content (AvgIpc) is 3.31. The minimum atomic E-state index is -0.0280. The molecule has 5 nitrogen and oxygen atoms in total. The van der Waals surface area contributed by atoms with Gasteiger partial charge < -0.3 is 5.32 Å². The molecule has 4 rings (SSSR count). The molecule has 0 spiro atoms. The number of aryl methyl sites for hydroxylation is 2. The van der Waals surface area contributed by atoms with Gasteiger partial charge in [0.25, 0.3) is 0 Å². The maximum absolute atomic E-state index is 12.5. The van der Waals surface area contributed by atoms with E-state index in [1.165, 1.54) is 21.8 Å². The Morgan fingerprint density at radius 2 is 2.00 bits per heavy atom. The molecule has 0 saturated carbocycles. The molecule has 30 heavy (non-hydrogen) atoms. The van der Waals surface area contributed by atoms with Crippen LogP contribution in [-0.2, 0) is 4.79 Å². The second-order valence-electron chi connectivity index (χ2n) is 6.98. The van der Waals surface area contributed by atoms with E-state index in [9.17, 15) is 4.79 Å². The summed E-state index contributed by atoms with van der Waals surface area (Å²) in [6.45, 7) is 3.97. The molecule has 0 aliphatic heterocycles. The summed E-state index contributed by atoms with van der Waals surface area (Å²) in [6.07, 6.45) is 1.25. The number of carbonyl (C=O) groups excluding carboxylic acids is 1. The number of amides is 1. The van der Waals surface area contributed by atoms with Crippen molar-refractivity contribution in [2.24, 2.45) is 0 Å². The molecule has 0 aliphatic carbocycles. The van der Waals surface area contributed by atoms with Gasteiger partial charge in [-0.1, -0.05) is 46.7 Å². The van der Waals surface area contributed by atoms with E-state index in [-0.39, 0.29) is 5.91 Å². The van der Waals surface area contributed by atoms with Crippen LogP contribution < -0.4 is 5.32 Å². The smallest absolute Gasteiger partial charge is 0.225 e. The molecule has 1 N–H and O–H groups in total. The summed E-state index contributed by atoms with van der Waals surface area (Å²) >= 11 is 9.51. The molecule has 1 amide bonds. The number of carbonyl (C=O) groups is 1. The van der Waals surface area contributed by atoms with Gasteiger partial charge in [-0.05, 0) is 50.3 Å². The monoisotopic (exact) mass is 456 g/mol. The Morgan fingerprint density at radius 3 is 2.77 bits per heavy atom. The highest BCUT2D eigenvalue weighted by atomic mass is 35.5. The van der Waals surface area contributed by atoms with Crippen molar-refractivity contribution in [1.82, 2.24) is 14.8 Å². The summed E-state index contributed by atoms with van der Waals surface area (Å²) in [5.41, 5.74) is 2.81. The van der Waals surface area contributed by atoms with E-state index in [1.807, 2.05) is 31.2 Å². The molecule has 2 aromatic carbocycles. The molecule has 0 bridgehead atoms. The summed E-state index contributed by atoms with van der Waals surface area (Å²) in [6, 6.07) is 16.0. The van der Waals surface area contributed by atoms with Crippen LogP contribution in [0.5, 0.6) is 0 Å². The van der Waals surface area contributed by atoms with Gasteiger partial charge in [-0.15, -0.1) is 11.8 Å². The van der Waals surface area contributed by atoms with Crippen molar-refractivity contribution in [3.05, 3.63) is 64.8 Å². The van der Waals surface area contributed by atoms with Gasteiger partial charge in [0, 0.05) is 17.4 Å². The Kier molecular flexibility index (Phi) is 6.41. The summed E-state index contributed by atoms with van der Waals surface area (Å²) in [4.78, 5) is 18.3. The molecule has 0 fully saturated rings. The van der Waals surface area contributed by atoms with Gasteiger partial charge >= 0.3 is 0 Å². The highest BCUT2D eigenvalue weighted by Crippen LogP contribution is 2.31. The predicted molar refractivity (Wildman–Crippen MR) is 126 cm³/mol. The Morgan fingerprint density at radius 1 is 1.20 bits per heavy atom. The maximum atomic E-state index is 12.5. The number of thiazole rings is 1. The number of aromatic nitrogens is 3. The Balaban J connectivity index is 1.39. The number of hydrogen-bond donors (Lipinski definition) is 1. The fraction of sp³-hybridized carbons (Fsp3) is 0.227. The Hall–Kier alpha value is -2.35. The highest BCUT2D eigenvalue weighted by molar-refractivity contribution is 7.99. The first-order valence-corrected chi connectivity index (χ1v) is 11.8. The summed E-state index contributed by atoms with van der Waals surface area (Å²) in [7, 11) is 0. The number of nitrogens with one attached hydrogen (secondary N) is 1. The van der Waals surface area contributed by atoms with Gasteiger partial charge in [-0.2, -0.15) is 9.78 Å². The highest BCUT2D eigenvalue weighted by Gasteiger charge is 2.15. The van der Waals surface area contributed by atoms with E-state index in [0.29, 0.717) is 22.4 Å². The lowest BCUT2D eigenvalue weighted by Crippen LogP contribution is -2.14. The minimum absolute atomic E-state index is 0.0280. The Labute approximate surface area is 188 Å². The first kappa shape index (κ1) is 20.9. The molecule has 8 heteroatoms. The molecule has 0 atom stereocenters. The van der Waals surface area contributed by atoms with Gasteiger partial charge in [0.05, 0.1) is 15.4 Å². The van der Waals surface area contributed by atoms with Crippen LogP contribution in [0.2, 0.25) is 5.02 Å². The van der Waals surface area contributed by atoms with E-state index in [1.54, 1.807) is 16.4 Å². The number of para-hydroxylation sites is 1. The van der Waals surface area contributed by atoms with Crippen LogP contribution in [0.1, 0.15) is 24.1 Å². The molecule has 0 saturated heterocycles. The lowest BCUT2D eigenvalue weighted by Gasteiger charge is -2.06. The first-order valence-electron chi connectivity index (χ1n) is 9.61. The van der Waals surface area contributed by atoms with E-state index < -0.39 is 0 Å². The minimum Gasteiger partial charge on any atom is -0.311 e. The number of thioether (sulfide) groups is 1. The number of anilines is 1. The van der Waals surface area contributed by atoms with Crippen molar-refractivity contribution >= 4 is 56.6 Å². The van der Waals surface area contributed by atoms with Crippen molar-refractivity contribution in [1.29, 1.82) is 0 Å². The van der Waals surface area contributed by atoms with Gasteiger partial charge in [-0.3, -0.25) is 4.79 Å². The fourth-order valence-corrected chi connectivity index (χ4v) is 5.07. The lowest BCUT2D eigenvalue weighted by molar-refractivity contribution is -0.116. The van der Waals surface area contributed by atoms with Gasteiger partial charge in [-0.25, -0.2) is 4.98 Å². The lowest BCUT2D eigenvalue weighted by atomic mass is 10.2. The summed E-state index contributed by atoms with van der Waals surface area (Å²) in [5, 5.41) is 8.77. The number of rotatable bonds is 7. The standard InChI is InChI=1S/C22H21ClN4OS2/c1-14-8-10-16(11-9-14)29-12-4-7-20(28)24-19-13-15(2)26-27(19)22-25-21-17(23)5-3-6-18(21)30-22/h3,5-6,8-11,13H,4,7,12H2,1-2H3,(H,24,28). The zero-order chi connectivity index (χ0) is 21.1. The molecule has 0 aliphatic rings. The SMILES string of the molecule is Cc1ccc(SCCCC(=O)Nc2cc(C)nn2-c2nc3c(Cl)cccc3s2)cc1. The third-order valence-electron chi connectivity index (χ3n) is 4.48. The molecule has 0 radical (unpaired) electrons.